The fourth-order valence-corrected chi connectivity index (χ4v) is 1.50. The summed E-state index contributed by atoms with van der Waals surface area (Å²) in [6.45, 7) is 3.77. The SMILES string of the molecule is CCCCCC(CC)OC(=O)C=CC(=O)OCCO. The lowest BCUT2D eigenvalue weighted by molar-refractivity contribution is -0.144. The predicted molar refractivity (Wildman–Crippen MR) is 71.5 cm³/mol. The van der Waals surface area contributed by atoms with Crippen LogP contribution in [-0.2, 0) is 19.1 Å². The van der Waals surface area contributed by atoms with Crippen LogP contribution in [0, 0.1) is 0 Å². The molecule has 0 heterocycles. The van der Waals surface area contributed by atoms with Gasteiger partial charge in [0, 0.05) is 12.2 Å². The predicted octanol–water partition coefficient (Wildman–Crippen LogP) is 1.98. The number of aliphatic hydroxyl groups excluding tert-OH is 1. The Labute approximate surface area is 114 Å². The van der Waals surface area contributed by atoms with E-state index in [1.165, 1.54) is 0 Å². The minimum Gasteiger partial charge on any atom is -0.460 e. The van der Waals surface area contributed by atoms with Gasteiger partial charge >= 0.3 is 11.9 Å². The zero-order valence-electron chi connectivity index (χ0n) is 11.8. The van der Waals surface area contributed by atoms with Crippen molar-refractivity contribution in [3.05, 3.63) is 12.2 Å². The van der Waals surface area contributed by atoms with E-state index in [0.29, 0.717) is 0 Å². The van der Waals surface area contributed by atoms with Gasteiger partial charge in [0.05, 0.1) is 6.61 Å². The molecular weight excluding hydrogens is 248 g/mol. The molecule has 19 heavy (non-hydrogen) atoms. The quantitative estimate of drug-likeness (QED) is 0.374. The number of carbonyl (C=O) groups is 2. The van der Waals surface area contributed by atoms with Crippen molar-refractivity contribution >= 4 is 11.9 Å². The Morgan fingerprint density at radius 3 is 2.42 bits per heavy atom. The molecule has 0 aliphatic carbocycles. The molecule has 0 saturated heterocycles. The molecule has 0 amide bonds. The Bertz CT molecular complexity index is 286. The molecule has 0 saturated carbocycles. The van der Waals surface area contributed by atoms with E-state index < -0.39 is 11.9 Å². The molecule has 0 radical (unpaired) electrons. The fourth-order valence-electron chi connectivity index (χ4n) is 1.50. The summed E-state index contributed by atoms with van der Waals surface area (Å²) in [4.78, 5) is 22.5. The topological polar surface area (TPSA) is 72.8 Å². The first kappa shape index (κ1) is 17.6. The zero-order valence-corrected chi connectivity index (χ0v) is 11.8. The highest BCUT2D eigenvalue weighted by Gasteiger charge is 2.10. The Morgan fingerprint density at radius 1 is 1.16 bits per heavy atom. The lowest BCUT2D eigenvalue weighted by Gasteiger charge is -2.14. The first-order valence-electron chi connectivity index (χ1n) is 6.80. The number of aliphatic hydroxyl groups is 1. The average Bonchev–Trinajstić information content (AvgIpc) is 2.41. The van der Waals surface area contributed by atoms with E-state index in [1.54, 1.807) is 0 Å². The van der Waals surface area contributed by atoms with Crippen LogP contribution in [-0.4, -0.2) is 36.4 Å². The second-order valence-corrected chi connectivity index (χ2v) is 4.19. The van der Waals surface area contributed by atoms with Crippen molar-refractivity contribution in [2.75, 3.05) is 13.2 Å². The van der Waals surface area contributed by atoms with Crippen molar-refractivity contribution in [3.63, 3.8) is 0 Å². The molecule has 0 aliphatic heterocycles. The number of hydrogen-bond acceptors (Lipinski definition) is 5. The molecule has 0 fully saturated rings. The first-order chi connectivity index (χ1) is 9.13. The maximum absolute atomic E-state index is 11.5. The van der Waals surface area contributed by atoms with Crippen LogP contribution < -0.4 is 0 Å². The summed E-state index contributed by atoms with van der Waals surface area (Å²) in [6, 6.07) is 0. The average molecular weight is 272 g/mol. The van der Waals surface area contributed by atoms with Crippen molar-refractivity contribution in [1.29, 1.82) is 0 Å². The summed E-state index contributed by atoms with van der Waals surface area (Å²) < 4.78 is 9.79. The van der Waals surface area contributed by atoms with Gasteiger partial charge in [-0.05, 0) is 19.3 Å². The standard InChI is InChI=1S/C14H24O5/c1-3-5-6-7-12(4-2)19-14(17)9-8-13(16)18-11-10-15/h8-9,12,15H,3-7,10-11H2,1-2H3. The van der Waals surface area contributed by atoms with E-state index in [4.69, 9.17) is 9.84 Å². The van der Waals surface area contributed by atoms with Crippen LogP contribution in [0.4, 0.5) is 0 Å². The number of hydrogen-bond donors (Lipinski definition) is 1. The van der Waals surface area contributed by atoms with Gasteiger partial charge in [0.2, 0.25) is 0 Å². The second kappa shape index (κ2) is 11.7. The zero-order chi connectivity index (χ0) is 14.5. The molecular formula is C14H24O5. The molecule has 1 N–H and O–H groups in total. The highest BCUT2D eigenvalue weighted by Crippen LogP contribution is 2.10. The molecule has 0 bridgehead atoms. The van der Waals surface area contributed by atoms with Gasteiger partial charge in [0.1, 0.15) is 12.7 Å². The number of carbonyl (C=O) groups excluding carboxylic acids is 2. The maximum atomic E-state index is 11.5. The van der Waals surface area contributed by atoms with E-state index in [9.17, 15) is 9.59 Å². The van der Waals surface area contributed by atoms with Gasteiger partial charge in [-0.15, -0.1) is 0 Å². The van der Waals surface area contributed by atoms with Crippen LogP contribution in [0.5, 0.6) is 0 Å². The third-order valence-corrected chi connectivity index (χ3v) is 2.56. The molecule has 110 valence electrons. The minimum absolute atomic E-state index is 0.0766. The molecule has 1 atom stereocenters. The summed E-state index contributed by atoms with van der Waals surface area (Å²) in [5.74, 6) is -1.20. The van der Waals surface area contributed by atoms with Gasteiger partial charge in [0.15, 0.2) is 0 Å². The van der Waals surface area contributed by atoms with Crippen LogP contribution >= 0.6 is 0 Å². The lowest BCUT2D eigenvalue weighted by Crippen LogP contribution is -2.16. The largest absolute Gasteiger partial charge is 0.460 e. The molecule has 0 aromatic rings. The molecule has 0 rings (SSSR count). The van der Waals surface area contributed by atoms with Crippen molar-refractivity contribution in [3.8, 4) is 0 Å². The smallest absolute Gasteiger partial charge is 0.331 e. The second-order valence-electron chi connectivity index (χ2n) is 4.19. The highest BCUT2D eigenvalue weighted by molar-refractivity contribution is 5.91. The first-order valence-corrected chi connectivity index (χ1v) is 6.80. The Morgan fingerprint density at radius 2 is 1.84 bits per heavy atom. The minimum atomic E-state index is -0.662. The Kier molecular flexibility index (Phi) is 10.9. The Hall–Kier alpha value is -1.36. The number of esters is 2. The molecule has 0 spiro atoms. The molecule has 0 aromatic heterocycles. The molecule has 0 aromatic carbocycles. The third kappa shape index (κ3) is 10.3. The van der Waals surface area contributed by atoms with Crippen LogP contribution in [0.2, 0.25) is 0 Å². The van der Waals surface area contributed by atoms with Gasteiger partial charge in [-0.1, -0.05) is 26.7 Å². The Balaban J connectivity index is 3.98. The van der Waals surface area contributed by atoms with Gasteiger partial charge in [-0.3, -0.25) is 0 Å². The van der Waals surface area contributed by atoms with Crippen LogP contribution in [0.15, 0.2) is 12.2 Å². The fraction of sp³-hybridized carbons (Fsp3) is 0.714. The van der Waals surface area contributed by atoms with E-state index in [-0.39, 0.29) is 19.3 Å². The summed E-state index contributed by atoms with van der Waals surface area (Å²) in [5.41, 5.74) is 0. The van der Waals surface area contributed by atoms with Gasteiger partial charge in [-0.25, -0.2) is 9.59 Å². The van der Waals surface area contributed by atoms with Gasteiger partial charge < -0.3 is 14.6 Å². The maximum Gasteiger partial charge on any atom is 0.331 e. The van der Waals surface area contributed by atoms with Crippen molar-refractivity contribution in [1.82, 2.24) is 0 Å². The summed E-state index contributed by atoms with van der Waals surface area (Å²) in [5, 5.41) is 8.45. The normalized spacial score (nSPS) is 12.4. The highest BCUT2D eigenvalue weighted by atomic mass is 16.5. The van der Waals surface area contributed by atoms with E-state index >= 15 is 0 Å². The molecule has 1 unspecified atom stereocenters. The number of unbranched alkanes of at least 4 members (excludes halogenated alkanes) is 2. The van der Waals surface area contributed by atoms with Crippen molar-refractivity contribution in [2.24, 2.45) is 0 Å². The van der Waals surface area contributed by atoms with E-state index in [1.807, 2.05) is 6.92 Å². The summed E-state index contributed by atoms with van der Waals surface area (Å²) in [7, 11) is 0. The van der Waals surface area contributed by atoms with E-state index in [0.717, 1.165) is 44.3 Å². The number of ether oxygens (including phenoxy) is 2. The van der Waals surface area contributed by atoms with Gasteiger partial charge in [0.25, 0.3) is 0 Å². The van der Waals surface area contributed by atoms with Crippen LogP contribution in [0.25, 0.3) is 0 Å². The van der Waals surface area contributed by atoms with Crippen LogP contribution in [0.1, 0.15) is 46.0 Å². The van der Waals surface area contributed by atoms with Crippen molar-refractivity contribution in [2.45, 2.75) is 52.1 Å². The van der Waals surface area contributed by atoms with Crippen LogP contribution in [0.3, 0.4) is 0 Å². The molecule has 5 nitrogen and oxygen atoms in total. The molecule has 5 heteroatoms. The van der Waals surface area contributed by atoms with Crippen molar-refractivity contribution < 1.29 is 24.2 Å². The van der Waals surface area contributed by atoms with Gasteiger partial charge in [-0.2, -0.15) is 0 Å². The lowest BCUT2D eigenvalue weighted by atomic mass is 10.1. The monoisotopic (exact) mass is 272 g/mol. The van der Waals surface area contributed by atoms with E-state index in [2.05, 4.69) is 11.7 Å². The summed E-state index contributed by atoms with van der Waals surface area (Å²) in [6.07, 6.45) is 6.86. The number of rotatable bonds is 10. The third-order valence-electron chi connectivity index (χ3n) is 2.56. The summed E-state index contributed by atoms with van der Waals surface area (Å²) >= 11 is 0. The molecule has 0 aliphatic rings.